The number of carbonyl (C=O) groups excluding carboxylic acids is 1. The molecule has 4 heterocycles. The fourth-order valence-electron chi connectivity index (χ4n) is 3.52. The summed E-state index contributed by atoms with van der Waals surface area (Å²) in [5.74, 6) is 0.739. The number of hydrogen-bond acceptors (Lipinski definition) is 4. The molecule has 2 aromatic heterocycles. The van der Waals surface area contributed by atoms with Crippen molar-refractivity contribution in [1.29, 1.82) is 0 Å². The van der Waals surface area contributed by atoms with Gasteiger partial charge in [0.15, 0.2) is 0 Å². The molecule has 2 aromatic rings. The zero-order chi connectivity index (χ0) is 14.9. The molecular weight excluding hydrogens is 278 g/mol. The van der Waals surface area contributed by atoms with E-state index in [0.29, 0.717) is 0 Å². The van der Waals surface area contributed by atoms with Crippen LogP contribution in [0.2, 0.25) is 0 Å². The largest absolute Gasteiger partial charge is 0.342 e. The van der Waals surface area contributed by atoms with Gasteiger partial charge in [-0.3, -0.25) is 4.98 Å². The SMILES string of the molecule is O=C(NC1CC2CCN(C2)C1)n1cc(-c2cccnc2)cn1. The first-order valence-electron chi connectivity index (χ1n) is 7.76. The van der Waals surface area contributed by atoms with Crippen LogP contribution in [0, 0.1) is 5.92 Å². The van der Waals surface area contributed by atoms with Crippen LogP contribution in [0.25, 0.3) is 11.1 Å². The molecular formula is C16H19N5O. The van der Waals surface area contributed by atoms with E-state index in [0.717, 1.165) is 30.0 Å². The summed E-state index contributed by atoms with van der Waals surface area (Å²) in [6.45, 7) is 3.32. The van der Waals surface area contributed by atoms with Crippen LogP contribution in [0.5, 0.6) is 0 Å². The Morgan fingerprint density at radius 3 is 3.05 bits per heavy atom. The molecule has 2 aliphatic rings. The minimum absolute atomic E-state index is 0.150. The van der Waals surface area contributed by atoms with E-state index >= 15 is 0 Å². The summed E-state index contributed by atoms with van der Waals surface area (Å²) in [6.07, 6.45) is 9.30. The standard InChI is InChI=1S/C16H19N5O/c22-16(19-15-6-12-3-5-20(9-12)11-15)21-10-14(8-18-21)13-2-1-4-17-7-13/h1-2,4,7-8,10,12,15H,3,5-6,9,11H2,(H,19,22). The molecule has 0 radical (unpaired) electrons. The van der Waals surface area contributed by atoms with Crippen molar-refractivity contribution in [3.63, 3.8) is 0 Å². The Labute approximate surface area is 129 Å². The summed E-state index contributed by atoms with van der Waals surface area (Å²) in [5, 5.41) is 7.28. The number of carbonyl (C=O) groups is 1. The van der Waals surface area contributed by atoms with Crippen molar-refractivity contribution < 1.29 is 4.79 Å². The van der Waals surface area contributed by atoms with E-state index in [2.05, 4.69) is 20.3 Å². The van der Waals surface area contributed by atoms with Crippen molar-refractivity contribution in [1.82, 2.24) is 25.0 Å². The molecule has 0 spiro atoms. The monoisotopic (exact) mass is 297 g/mol. The summed E-state index contributed by atoms with van der Waals surface area (Å²) < 4.78 is 1.38. The summed E-state index contributed by atoms with van der Waals surface area (Å²) in [7, 11) is 0. The molecule has 2 fully saturated rings. The number of nitrogens with zero attached hydrogens (tertiary/aromatic N) is 4. The minimum atomic E-state index is -0.150. The summed E-state index contributed by atoms with van der Waals surface area (Å²) in [5.41, 5.74) is 1.86. The lowest BCUT2D eigenvalue weighted by Crippen LogP contribution is -2.48. The van der Waals surface area contributed by atoms with E-state index in [1.165, 1.54) is 24.2 Å². The summed E-state index contributed by atoms with van der Waals surface area (Å²) >= 11 is 0. The average Bonchev–Trinajstić information content (AvgIpc) is 3.15. The van der Waals surface area contributed by atoms with Gasteiger partial charge in [-0.2, -0.15) is 9.78 Å². The van der Waals surface area contributed by atoms with Crippen molar-refractivity contribution in [2.24, 2.45) is 5.92 Å². The molecule has 3 atom stereocenters. The second-order valence-corrected chi connectivity index (χ2v) is 6.21. The normalized spacial score (nSPS) is 26.8. The highest BCUT2D eigenvalue weighted by molar-refractivity contribution is 5.77. The molecule has 3 unspecified atom stereocenters. The average molecular weight is 297 g/mol. The summed E-state index contributed by atoms with van der Waals surface area (Å²) in [4.78, 5) is 18.9. The smallest absolute Gasteiger partial charge is 0.332 e. The number of nitrogens with one attached hydrogen (secondary N) is 1. The third kappa shape index (κ3) is 2.62. The number of fused-ring (bicyclic) bond motifs is 2. The van der Waals surface area contributed by atoms with Crippen LogP contribution in [-0.2, 0) is 0 Å². The molecule has 2 bridgehead atoms. The number of hydrogen-bond donors (Lipinski definition) is 1. The fraction of sp³-hybridized carbons (Fsp3) is 0.438. The Morgan fingerprint density at radius 2 is 2.23 bits per heavy atom. The van der Waals surface area contributed by atoms with E-state index in [-0.39, 0.29) is 12.1 Å². The predicted octanol–water partition coefficient (Wildman–Crippen LogP) is 1.60. The van der Waals surface area contributed by atoms with Crippen LogP contribution < -0.4 is 5.32 Å². The van der Waals surface area contributed by atoms with Gasteiger partial charge in [0.25, 0.3) is 0 Å². The van der Waals surface area contributed by atoms with Crippen LogP contribution in [0.15, 0.2) is 36.9 Å². The van der Waals surface area contributed by atoms with Crippen molar-refractivity contribution in [2.75, 3.05) is 19.6 Å². The van der Waals surface area contributed by atoms with Gasteiger partial charge in [-0.1, -0.05) is 6.07 Å². The zero-order valence-corrected chi connectivity index (χ0v) is 12.4. The highest BCUT2D eigenvalue weighted by Crippen LogP contribution is 2.26. The Kier molecular flexibility index (Phi) is 3.38. The Hall–Kier alpha value is -2.21. The van der Waals surface area contributed by atoms with Crippen LogP contribution in [0.3, 0.4) is 0 Å². The van der Waals surface area contributed by atoms with E-state index in [1.54, 1.807) is 24.8 Å². The van der Waals surface area contributed by atoms with E-state index in [4.69, 9.17) is 0 Å². The van der Waals surface area contributed by atoms with Crippen molar-refractivity contribution in [3.8, 4) is 11.1 Å². The van der Waals surface area contributed by atoms with Crippen molar-refractivity contribution in [2.45, 2.75) is 18.9 Å². The van der Waals surface area contributed by atoms with Crippen molar-refractivity contribution >= 4 is 6.03 Å². The van der Waals surface area contributed by atoms with Crippen LogP contribution >= 0.6 is 0 Å². The highest BCUT2D eigenvalue weighted by atomic mass is 16.2. The zero-order valence-electron chi connectivity index (χ0n) is 12.4. The Bertz CT molecular complexity index is 656. The van der Waals surface area contributed by atoms with Crippen LogP contribution in [0.4, 0.5) is 4.79 Å². The van der Waals surface area contributed by atoms with Gasteiger partial charge in [-0.25, -0.2) is 4.79 Å². The van der Waals surface area contributed by atoms with Gasteiger partial charge in [-0.15, -0.1) is 0 Å². The van der Waals surface area contributed by atoms with Gasteiger partial charge in [0.2, 0.25) is 0 Å². The lowest BCUT2D eigenvalue weighted by molar-refractivity contribution is 0.204. The lowest BCUT2D eigenvalue weighted by Gasteiger charge is -2.30. The lowest BCUT2D eigenvalue weighted by atomic mass is 9.97. The van der Waals surface area contributed by atoms with Gasteiger partial charge in [-0.05, 0) is 31.4 Å². The van der Waals surface area contributed by atoms with Gasteiger partial charge >= 0.3 is 6.03 Å². The number of amides is 1. The predicted molar refractivity (Wildman–Crippen MR) is 82.3 cm³/mol. The second-order valence-electron chi connectivity index (χ2n) is 6.21. The Morgan fingerprint density at radius 1 is 1.27 bits per heavy atom. The number of aromatic nitrogens is 3. The van der Waals surface area contributed by atoms with Gasteiger partial charge in [0, 0.05) is 48.8 Å². The van der Waals surface area contributed by atoms with Gasteiger partial charge < -0.3 is 10.2 Å². The van der Waals surface area contributed by atoms with Crippen molar-refractivity contribution in [3.05, 3.63) is 36.9 Å². The highest BCUT2D eigenvalue weighted by Gasteiger charge is 2.33. The third-order valence-corrected chi connectivity index (χ3v) is 4.58. The molecule has 114 valence electrons. The quantitative estimate of drug-likeness (QED) is 0.914. The van der Waals surface area contributed by atoms with E-state index < -0.39 is 0 Å². The molecule has 0 aliphatic carbocycles. The molecule has 0 aromatic carbocycles. The molecule has 1 amide bonds. The molecule has 1 N–H and O–H groups in total. The maximum Gasteiger partial charge on any atom is 0.342 e. The molecule has 0 saturated carbocycles. The molecule has 4 rings (SSSR count). The molecule has 6 nitrogen and oxygen atoms in total. The van der Waals surface area contributed by atoms with Gasteiger partial charge in [0.1, 0.15) is 0 Å². The number of pyridine rings is 1. The fourth-order valence-corrected chi connectivity index (χ4v) is 3.52. The first kappa shape index (κ1) is 13.5. The first-order chi connectivity index (χ1) is 10.8. The topological polar surface area (TPSA) is 63.1 Å². The van der Waals surface area contributed by atoms with E-state index in [9.17, 15) is 4.79 Å². The Balaban J connectivity index is 1.44. The first-order valence-corrected chi connectivity index (χ1v) is 7.76. The second kappa shape index (κ2) is 5.53. The molecule has 6 heteroatoms. The maximum atomic E-state index is 12.3. The number of rotatable bonds is 2. The van der Waals surface area contributed by atoms with Crippen LogP contribution in [-0.4, -0.2) is 51.4 Å². The molecule has 2 saturated heterocycles. The van der Waals surface area contributed by atoms with Gasteiger partial charge in [0.05, 0.1) is 6.20 Å². The maximum absolute atomic E-state index is 12.3. The third-order valence-electron chi connectivity index (χ3n) is 4.58. The van der Waals surface area contributed by atoms with Crippen LogP contribution in [0.1, 0.15) is 12.8 Å². The molecule has 2 aliphatic heterocycles. The van der Waals surface area contributed by atoms with E-state index in [1.807, 2.05) is 12.1 Å². The number of piperidine rings is 1. The minimum Gasteiger partial charge on any atom is -0.332 e. The molecule has 22 heavy (non-hydrogen) atoms. The summed E-state index contributed by atoms with van der Waals surface area (Å²) in [6, 6.07) is 3.92.